The Balaban J connectivity index is 0.971. The van der Waals surface area contributed by atoms with Gasteiger partial charge in [-0.3, -0.25) is 19.3 Å². The number of hydrogen-bond donors (Lipinski definition) is 1. The molecule has 3 aromatic rings. The number of benzene rings is 3. The van der Waals surface area contributed by atoms with E-state index in [2.05, 4.69) is 41.1 Å². The van der Waals surface area contributed by atoms with Crippen molar-refractivity contribution in [3.8, 4) is 0 Å². The van der Waals surface area contributed by atoms with Crippen LogP contribution in [0.5, 0.6) is 0 Å². The van der Waals surface area contributed by atoms with Crippen molar-refractivity contribution in [2.24, 2.45) is 11.7 Å². The molecular formula is C38H48N4O3. The lowest BCUT2D eigenvalue weighted by Gasteiger charge is -2.37. The van der Waals surface area contributed by atoms with Crippen molar-refractivity contribution in [3.63, 3.8) is 0 Å². The third-order valence-corrected chi connectivity index (χ3v) is 9.80. The van der Waals surface area contributed by atoms with E-state index in [4.69, 9.17) is 5.73 Å². The summed E-state index contributed by atoms with van der Waals surface area (Å²) in [6.07, 6.45) is 8.98. The average molecular weight is 609 g/mol. The molecule has 0 aliphatic carbocycles. The molecular weight excluding hydrogens is 560 g/mol. The standard InChI is InChI=1S/C38H48N4O3/c1-40(25-16-27-42-35(43)33-21-12-13-22-34(33)36(42)44)24-14-4-2-3-5-15-26-41-28-23-32(29-41)38(37(39)45,30-17-8-6-9-18-30)31-19-10-7-11-20-31/h6-13,17-22,32H,2-5,14-16,23-29H2,1H3,(H2,39,45). The summed E-state index contributed by atoms with van der Waals surface area (Å²) < 4.78 is 0. The molecule has 0 radical (unpaired) electrons. The number of amides is 3. The minimum Gasteiger partial charge on any atom is -0.369 e. The molecule has 5 rings (SSSR count). The van der Waals surface area contributed by atoms with Crippen LogP contribution in [0.1, 0.15) is 83.2 Å². The molecule has 0 spiro atoms. The van der Waals surface area contributed by atoms with Crippen LogP contribution >= 0.6 is 0 Å². The summed E-state index contributed by atoms with van der Waals surface area (Å²) in [4.78, 5) is 44.6. The summed E-state index contributed by atoms with van der Waals surface area (Å²) >= 11 is 0. The van der Waals surface area contributed by atoms with Crippen LogP contribution in [-0.2, 0) is 10.2 Å². The SMILES string of the molecule is CN(CCCCCCCCN1CCC(C(C(N)=O)(c2ccccc2)c2ccccc2)C1)CCCN1C(=O)c2ccccc2C1=O. The Morgan fingerprint density at radius 3 is 1.82 bits per heavy atom. The quantitative estimate of drug-likeness (QED) is 0.156. The molecule has 1 fully saturated rings. The fourth-order valence-electron chi connectivity index (χ4n) is 7.39. The maximum Gasteiger partial charge on any atom is 0.261 e. The second-order valence-electron chi connectivity index (χ2n) is 12.8. The number of hydrogen-bond acceptors (Lipinski definition) is 5. The Hall–Kier alpha value is -3.81. The fourth-order valence-corrected chi connectivity index (χ4v) is 7.39. The van der Waals surface area contributed by atoms with Gasteiger partial charge in [-0.1, -0.05) is 98.5 Å². The van der Waals surface area contributed by atoms with E-state index >= 15 is 0 Å². The van der Waals surface area contributed by atoms with E-state index in [-0.39, 0.29) is 23.6 Å². The van der Waals surface area contributed by atoms with Gasteiger partial charge < -0.3 is 15.5 Å². The lowest BCUT2D eigenvalue weighted by molar-refractivity contribution is -0.123. The van der Waals surface area contributed by atoms with Crippen LogP contribution in [0.2, 0.25) is 0 Å². The van der Waals surface area contributed by atoms with Crippen LogP contribution in [0.3, 0.4) is 0 Å². The van der Waals surface area contributed by atoms with Crippen LogP contribution < -0.4 is 5.73 Å². The molecule has 238 valence electrons. The number of carbonyl (C=O) groups is 3. The topological polar surface area (TPSA) is 86.9 Å². The van der Waals surface area contributed by atoms with Crippen LogP contribution in [0.25, 0.3) is 0 Å². The molecule has 1 saturated heterocycles. The van der Waals surface area contributed by atoms with Gasteiger partial charge in [-0.15, -0.1) is 0 Å². The van der Waals surface area contributed by atoms with Crippen LogP contribution in [0.4, 0.5) is 0 Å². The second-order valence-corrected chi connectivity index (χ2v) is 12.8. The highest BCUT2D eigenvalue weighted by atomic mass is 16.2. The Kier molecular flexibility index (Phi) is 11.2. The number of nitrogens with two attached hydrogens (primary N) is 1. The van der Waals surface area contributed by atoms with Gasteiger partial charge in [-0.25, -0.2) is 0 Å². The van der Waals surface area contributed by atoms with Gasteiger partial charge in [0, 0.05) is 13.1 Å². The van der Waals surface area contributed by atoms with Crippen LogP contribution in [0.15, 0.2) is 84.9 Å². The smallest absolute Gasteiger partial charge is 0.261 e. The lowest BCUT2D eigenvalue weighted by atomic mass is 9.64. The lowest BCUT2D eigenvalue weighted by Crippen LogP contribution is -2.49. The zero-order valence-corrected chi connectivity index (χ0v) is 26.7. The third-order valence-electron chi connectivity index (χ3n) is 9.80. The van der Waals surface area contributed by atoms with Crippen molar-refractivity contribution in [2.75, 3.05) is 46.3 Å². The van der Waals surface area contributed by atoms with E-state index < -0.39 is 5.41 Å². The average Bonchev–Trinajstić information content (AvgIpc) is 3.62. The normalized spacial score (nSPS) is 16.9. The van der Waals surface area contributed by atoms with Crippen molar-refractivity contribution in [3.05, 3.63) is 107 Å². The van der Waals surface area contributed by atoms with E-state index in [1.165, 1.54) is 37.0 Å². The van der Waals surface area contributed by atoms with Gasteiger partial charge in [0.05, 0.1) is 11.1 Å². The number of nitrogens with zero attached hydrogens (tertiary/aromatic N) is 3. The maximum absolute atomic E-state index is 13.3. The monoisotopic (exact) mass is 608 g/mol. The van der Waals surface area contributed by atoms with Gasteiger partial charge in [0.2, 0.25) is 5.91 Å². The number of rotatable bonds is 17. The van der Waals surface area contributed by atoms with Crippen molar-refractivity contribution >= 4 is 17.7 Å². The maximum atomic E-state index is 13.3. The molecule has 1 unspecified atom stereocenters. The number of imide groups is 1. The van der Waals surface area contributed by atoms with Gasteiger partial charge in [-0.05, 0) is 88.1 Å². The Labute approximate surface area is 268 Å². The zero-order chi connectivity index (χ0) is 31.6. The first kappa shape index (κ1) is 32.6. The minimum absolute atomic E-state index is 0.143. The van der Waals surface area contributed by atoms with E-state index in [1.807, 2.05) is 36.4 Å². The number of unbranched alkanes of at least 4 members (excludes halogenated alkanes) is 5. The van der Waals surface area contributed by atoms with Crippen molar-refractivity contribution in [2.45, 2.75) is 56.8 Å². The first-order chi connectivity index (χ1) is 21.9. The molecule has 3 aromatic carbocycles. The minimum atomic E-state index is -0.820. The predicted octanol–water partition coefficient (Wildman–Crippen LogP) is 5.74. The fraction of sp³-hybridized carbons (Fsp3) is 0.447. The molecule has 0 aromatic heterocycles. The van der Waals surface area contributed by atoms with Crippen molar-refractivity contribution in [1.29, 1.82) is 0 Å². The number of likely N-dealkylation sites (tertiary alicyclic amines) is 1. The summed E-state index contributed by atoms with van der Waals surface area (Å²) in [6, 6.07) is 27.3. The summed E-state index contributed by atoms with van der Waals surface area (Å²) in [6.45, 7) is 5.31. The van der Waals surface area contributed by atoms with Gasteiger partial charge in [0.15, 0.2) is 0 Å². The van der Waals surface area contributed by atoms with Gasteiger partial charge in [0.25, 0.3) is 11.8 Å². The van der Waals surface area contributed by atoms with Crippen LogP contribution in [-0.4, -0.2) is 78.7 Å². The predicted molar refractivity (Wildman–Crippen MR) is 179 cm³/mol. The Morgan fingerprint density at radius 2 is 1.24 bits per heavy atom. The third kappa shape index (κ3) is 7.37. The molecule has 2 N–H and O–H groups in total. The molecule has 2 aliphatic rings. The molecule has 7 nitrogen and oxygen atoms in total. The molecule has 1 atom stereocenters. The first-order valence-electron chi connectivity index (χ1n) is 16.7. The van der Waals surface area contributed by atoms with Gasteiger partial charge >= 0.3 is 0 Å². The Morgan fingerprint density at radius 1 is 0.733 bits per heavy atom. The first-order valence-corrected chi connectivity index (χ1v) is 16.7. The number of primary amides is 1. The van der Waals surface area contributed by atoms with E-state index in [0.29, 0.717) is 17.7 Å². The molecule has 0 saturated carbocycles. The number of fused-ring (bicyclic) bond motifs is 1. The van der Waals surface area contributed by atoms with E-state index in [1.54, 1.807) is 24.3 Å². The molecule has 7 heteroatoms. The number of carbonyl (C=O) groups excluding carboxylic acids is 3. The summed E-state index contributed by atoms with van der Waals surface area (Å²) in [5.74, 6) is -0.452. The second kappa shape index (κ2) is 15.5. The summed E-state index contributed by atoms with van der Waals surface area (Å²) in [7, 11) is 2.12. The van der Waals surface area contributed by atoms with Crippen molar-refractivity contribution in [1.82, 2.24) is 14.7 Å². The largest absolute Gasteiger partial charge is 0.369 e. The van der Waals surface area contributed by atoms with Gasteiger partial charge in [-0.2, -0.15) is 0 Å². The molecule has 45 heavy (non-hydrogen) atoms. The molecule has 0 bridgehead atoms. The van der Waals surface area contributed by atoms with Crippen molar-refractivity contribution < 1.29 is 14.4 Å². The summed E-state index contributed by atoms with van der Waals surface area (Å²) in [5.41, 5.74) is 8.46. The van der Waals surface area contributed by atoms with Gasteiger partial charge in [0.1, 0.15) is 5.41 Å². The highest BCUT2D eigenvalue weighted by molar-refractivity contribution is 6.21. The zero-order valence-electron chi connectivity index (χ0n) is 26.7. The van der Waals surface area contributed by atoms with Crippen LogP contribution in [0, 0.1) is 5.92 Å². The Bertz CT molecular complexity index is 1350. The highest BCUT2D eigenvalue weighted by Crippen LogP contribution is 2.43. The molecule has 2 aliphatic heterocycles. The summed E-state index contributed by atoms with van der Waals surface area (Å²) in [5, 5.41) is 0. The highest BCUT2D eigenvalue weighted by Gasteiger charge is 2.49. The molecule has 2 heterocycles. The van der Waals surface area contributed by atoms with E-state index in [0.717, 1.165) is 63.1 Å². The van der Waals surface area contributed by atoms with E-state index in [9.17, 15) is 14.4 Å². The molecule has 3 amide bonds.